The average molecular weight is 237 g/mol. The van der Waals surface area contributed by atoms with E-state index in [1.807, 2.05) is 26.2 Å². The minimum Gasteiger partial charge on any atom is -0.378 e. The fourth-order valence-electron chi connectivity index (χ4n) is 1.29. The monoisotopic (exact) mass is 237 g/mol. The standard InChI is InChI=1S/C12H19N3S/c1-9(2)13-12(16)14-10-6-5-7-11(8-10)15(3)4/h5-9H,1-4H3,(H2,13,14,16). The Balaban J connectivity index is 2.67. The normalized spacial score (nSPS) is 10.1. The molecule has 3 nitrogen and oxygen atoms in total. The molecule has 0 aliphatic rings. The van der Waals surface area contributed by atoms with Crippen molar-refractivity contribution >= 4 is 28.7 Å². The average Bonchev–Trinajstić information content (AvgIpc) is 2.16. The number of hydrogen-bond donors (Lipinski definition) is 2. The van der Waals surface area contributed by atoms with Gasteiger partial charge >= 0.3 is 0 Å². The topological polar surface area (TPSA) is 27.3 Å². The predicted molar refractivity (Wildman–Crippen MR) is 75.3 cm³/mol. The van der Waals surface area contributed by atoms with Gasteiger partial charge in [0.25, 0.3) is 0 Å². The maximum Gasteiger partial charge on any atom is 0.170 e. The van der Waals surface area contributed by atoms with Crippen LogP contribution in [0.2, 0.25) is 0 Å². The Labute approximate surface area is 103 Å². The summed E-state index contributed by atoms with van der Waals surface area (Å²) in [5, 5.41) is 6.97. The zero-order valence-electron chi connectivity index (χ0n) is 10.2. The van der Waals surface area contributed by atoms with Crippen LogP contribution >= 0.6 is 12.2 Å². The highest BCUT2D eigenvalue weighted by molar-refractivity contribution is 7.80. The first-order valence-electron chi connectivity index (χ1n) is 5.34. The van der Waals surface area contributed by atoms with Gasteiger partial charge in [-0.3, -0.25) is 0 Å². The van der Waals surface area contributed by atoms with Gasteiger partial charge in [-0.25, -0.2) is 0 Å². The molecule has 0 aliphatic carbocycles. The first kappa shape index (κ1) is 12.8. The van der Waals surface area contributed by atoms with Gasteiger partial charge in [-0.05, 0) is 44.3 Å². The highest BCUT2D eigenvalue weighted by Crippen LogP contribution is 2.16. The molecule has 0 radical (unpaired) electrons. The Bertz CT molecular complexity index is 361. The zero-order valence-corrected chi connectivity index (χ0v) is 11.1. The van der Waals surface area contributed by atoms with Gasteiger partial charge in [0.1, 0.15) is 0 Å². The van der Waals surface area contributed by atoms with Crippen LogP contribution in [-0.4, -0.2) is 25.2 Å². The van der Waals surface area contributed by atoms with E-state index in [-0.39, 0.29) is 0 Å². The lowest BCUT2D eigenvalue weighted by atomic mass is 10.2. The van der Waals surface area contributed by atoms with E-state index >= 15 is 0 Å². The molecule has 0 saturated carbocycles. The quantitative estimate of drug-likeness (QED) is 0.790. The molecule has 0 amide bonds. The van der Waals surface area contributed by atoms with Crippen LogP contribution in [0.15, 0.2) is 24.3 Å². The third-order valence-electron chi connectivity index (χ3n) is 2.04. The van der Waals surface area contributed by atoms with Crippen molar-refractivity contribution in [2.45, 2.75) is 19.9 Å². The number of rotatable bonds is 3. The molecule has 0 fully saturated rings. The van der Waals surface area contributed by atoms with Gasteiger partial charge in [0.15, 0.2) is 5.11 Å². The Hall–Kier alpha value is -1.29. The second kappa shape index (κ2) is 5.70. The number of nitrogens with one attached hydrogen (secondary N) is 2. The molecule has 0 atom stereocenters. The van der Waals surface area contributed by atoms with Crippen molar-refractivity contribution in [1.29, 1.82) is 0 Å². The minimum atomic E-state index is 0.344. The largest absolute Gasteiger partial charge is 0.378 e. The van der Waals surface area contributed by atoms with Crippen LogP contribution < -0.4 is 15.5 Å². The predicted octanol–water partition coefficient (Wildman–Crippen LogP) is 2.45. The lowest BCUT2D eigenvalue weighted by Crippen LogP contribution is -2.33. The molecule has 1 rings (SSSR count). The molecule has 1 aromatic carbocycles. The molecule has 0 aliphatic heterocycles. The van der Waals surface area contributed by atoms with E-state index in [1.165, 1.54) is 0 Å². The summed E-state index contributed by atoms with van der Waals surface area (Å²) in [6, 6.07) is 8.48. The van der Waals surface area contributed by atoms with E-state index in [9.17, 15) is 0 Å². The van der Waals surface area contributed by atoms with Gasteiger partial charge in [0, 0.05) is 31.5 Å². The zero-order chi connectivity index (χ0) is 12.1. The molecule has 0 bridgehead atoms. The van der Waals surface area contributed by atoms with Gasteiger partial charge in [0.05, 0.1) is 0 Å². The first-order chi connectivity index (χ1) is 7.49. The number of benzene rings is 1. The summed E-state index contributed by atoms with van der Waals surface area (Å²) < 4.78 is 0. The second-order valence-electron chi connectivity index (χ2n) is 4.20. The summed E-state index contributed by atoms with van der Waals surface area (Å²) in [4.78, 5) is 2.06. The van der Waals surface area contributed by atoms with Crippen molar-refractivity contribution in [3.8, 4) is 0 Å². The SMILES string of the molecule is CC(C)NC(=S)Nc1cccc(N(C)C)c1. The fourth-order valence-corrected chi connectivity index (χ4v) is 1.64. The molecule has 2 N–H and O–H groups in total. The van der Waals surface area contributed by atoms with Crippen molar-refractivity contribution in [3.63, 3.8) is 0 Å². The third kappa shape index (κ3) is 4.06. The molecular formula is C12H19N3S. The van der Waals surface area contributed by atoms with Crippen molar-refractivity contribution in [3.05, 3.63) is 24.3 Å². The number of nitrogens with zero attached hydrogens (tertiary/aromatic N) is 1. The van der Waals surface area contributed by atoms with Gasteiger partial charge in [-0.1, -0.05) is 6.07 Å². The van der Waals surface area contributed by atoms with Gasteiger partial charge in [0.2, 0.25) is 0 Å². The molecule has 0 unspecified atom stereocenters. The molecule has 16 heavy (non-hydrogen) atoms. The van der Waals surface area contributed by atoms with Gasteiger partial charge < -0.3 is 15.5 Å². The molecule has 0 aromatic heterocycles. The molecule has 4 heteroatoms. The second-order valence-corrected chi connectivity index (χ2v) is 4.61. The van der Waals surface area contributed by atoms with Crippen LogP contribution in [-0.2, 0) is 0 Å². The molecule has 88 valence electrons. The van der Waals surface area contributed by atoms with E-state index in [2.05, 4.69) is 41.5 Å². The van der Waals surface area contributed by atoms with Gasteiger partial charge in [-0.15, -0.1) is 0 Å². The van der Waals surface area contributed by atoms with Crippen LogP contribution in [0.4, 0.5) is 11.4 Å². The Morgan fingerprint density at radius 2 is 2.00 bits per heavy atom. The molecule has 0 spiro atoms. The molecule has 0 heterocycles. The highest BCUT2D eigenvalue weighted by Gasteiger charge is 2.01. The van der Waals surface area contributed by atoms with E-state index < -0.39 is 0 Å². The molecular weight excluding hydrogens is 218 g/mol. The Morgan fingerprint density at radius 1 is 1.31 bits per heavy atom. The molecule has 0 saturated heterocycles. The van der Waals surface area contributed by atoms with Crippen LogP contribution in [0.3, 0.4) is 0 Å². The summed E-state index contributed by atoms with van der Waals surface area (Å²) in [5.74, 6) is 0. The van der Waals surface area contributed by atoms with Crippen molar-refractivity contribution < 1.29 is 0 Å². The Morgan fingerprint density at radius 3 is 2.56 bits per heavy atom. The van der Waals surface area contributed by atoms with Crippen molar-refractivity contribution in [1.82, 2.24) is 5.32 Å². The highest BCUT2D eigenvalue weighted by atomic mass is 32.1. The lowest BCUT2D eigenvalue weighted by Gasteiger charge is -2.16. The van der Waals surface area contributed by atoms with Gasteiger partial charge in [-0.2, -0.15) is 0 Å². The maximum absolute atomic E-state index is 5.19. The third-order valence-corrected chi connectivity index (χ3v) is 2.26. The first-order valence-corrected chi connectivity index (χ1v) is 5.75. The number of anilines is 2. The summed E-state index contributed by atoms with van der Waals surface area (Å²) in [7, 11) is 4.04. The lowest BCUT2D eigenvalue weighted by molar-refractivity contribution is 0.739. The smallest absolute Gasteiger partial charge is 0.170 e. The fraction of sp³-hybridized carbons (Fsp3) is 0.417. The number of hydrogen-bond acceptors (Lipinski definition) is 2. The van der Waals surface area contributed by atoms with Crippen molar-refractivity contribution in [2.24, 2.45) is 0 Å². The van der Waals surface area contributed by atoms with E-state index in [0.717, 1.165) is 11.4 Å². The minimum absolute atomic E-state index is 0.344. The van der Waals surface area contributed by atoms with Crippen LogP contribution in [0.5, 0.6) is 0 Å². The maximum atomic E-state index is 5.19. The Kier molecular flexibility index (Phi) is 4.55. The van der Waals surface area contributed by atoms with E-state index in [1.54, 1.807) is 0 Å². The summed E-state index contributed by atoms with van der Waals surface area (Å²) in [6.07, 6.45) is 0. The van der Waals surface area contributed by atoms with Crippen LogP contribution in [0, 0.1) is 0 Å². The van der Waals surface area contributed by atoms with Crippen molar-refractivity contribution in [2.75, 3.05) is 24.3 Å². The number of thiocarbonyl (C=S) groups is 1. The van der Waals surface area contributed by atoms with Crippen LogP contribution in [0.1, 0.15) is 13.8 Å². The summed E-state index contributed by atoms with van der Waals surface area (Å²) >= 11 is 5.19. The summed E-state index contributed by atoms with van der Waals surface area (Å²) in [6.45, 7) is 4.12. The van der Waals surface area contributed by atoms with Crippen LogP contribution in [0.25, 0.3) is 0 Å². The molecule has 1 aromatic rings. The summed E-state index contributed by atoms with van der Waals surface area (Å²) in [5.41, 5.74) is 2.15. The van der Waals surface area contributed by atoms with E-state index in [4.69, 9.17) is 12.2 Å². The van der Waals surface area contributed by atoms with E-state index in [0.29, 0.717) is 11.2 Å².